The Hall–Kier alpha value is -3.39. The van der Waals surface area contributed by atoms with Crippen LogP contribution in [0.25, 0.3) is 0 Å². The lowest BCUT2D eigenvalue weighted by atomic mass is 9.92. The molecule has 7 nitrogen and oxygen atoms in total. The molecule has 160 valence electrons. The molecule has 0 amide bonds. The fraction of sp³-hybridized carbons (Fsp3) is 0.217. The molecule has 0 bridgehead atoms. The van der Waals surface area contributed by atoms with Crippen molar-refractivity contribution in [2.75, 3.05) is 18.6 Å². The van der Waals surface area contributed by atoms with E-state index in [1.165, 1.54) is 7.11 Å². The average Bonchev–Trinajstić information content (AvgIpc) is 3.37. The number of fused-ring (bicyclic) bond motifs is 2. The van der Waals surface area contributed by atoms with Crippen molar-refractivity contribution in [3.8, 4) is 23.0 Å². The molecule has 3 aromatic rings. The van der Waals surface area contributed by atoms with Crippen LogP contribution >= 0.6 is 0 Å². The van der Waals surface area contributed by atoms with Gasteiger partial charge >= 0.3 is 0 Å². The molecule has 0 aromatic heterocycles. The quantitative estimate of drug-likeness (QED) is 0.632. The average molecular weight is 439 g/mol. The molecule has 0 aliphatic carbocycles. The van der Waals surface area contributed by atoms with E-state index in [9.17, 15) is 8.42 Å². The van der Waals surface area contributed by atoms with E-state index in [2.05, 4.69) is 4.72 Å². The first-order chi connectivity index (χ1) is 15.0. The highest BCUT2D eigenvalue weighted by Crippen LogP contribution is 2.50. The van der Waals surface area contributed by atoms with Gasteiger partial charge in [0.2, 0.25) is 6.79 Å². The van der Waals surface area contributed by atoms with Crippen molar-refractivity contribution in [1.29, 1.82) is 0 Å². The van der Waals surface area contributed by atoms with Crippen LogP contribution in [0.5, 0.6) is 23.0 Å². The van der Waals surface area contributed by atoms with Gasteiger partial charge in [0, 0.05) is 17.5 Å². The molecule has 0 saturated heterocycles. The largest absolute Gasteiger partial charge is 0.494 e. The second kappa shape index (κ2) is 7.39. The summed E-state index contributed by atoms with van der Waals surface area (Å²) < 4.78 is 50.8. The maximum Gasteiger partial charge on any atom is 0.262 e. The van der Waals surface area contributed by atoms with Crippen molar-refractivity contribution in [2.45, 2.75) is 23.8 Å². The van der Waals surface area contributed by atoms with Gasteiger partial charge in [-0.1, -0.05) is 31.2 Å². The molecular weight excluding hydrogens is 418 g/mol. The smallest absolute Gasteiger partial charge is 0.262 e. The highest BCUT2D eigenvalue weighted by molar-refractivity contribution is 7.92. The summed E-state index contributed by atoms with van der Waals surface area (Å²) in [6.45, 7) is 2.26. The summed E-state index contributed by atoms with van der Waals surface area (Å²) in [4.78, 5) is 0.181. The maximum absolute atomic E-state index is 12.8. The number of nitrogens with one attached hydrogen (secondary N) is 1. The third kappa shape index (κ3) is 3.42. The Balaban J connectivity index is 1.48. The van der Waals surface area contributed by atoms with Gasteiger partial charge in [0.15, 0.2) is 11.5 Å². The van der Waals surface area contributed by atoms with Gasteiger partial charge in [0.25, 0.3) is 10.0 Å². The van der Waals surface area contributed by atoms with Crippen LogP contribution in [-0.2, 0) is 10.0 Å². The Kier molecular flexibility index (Phi) is 4.66. The highest BCUT2D eigenvalue weighted by atomic mass is 32.2. The molecule has 2 aliphatic rings. The van der Waals surface area contributed by atoms with Crippen LogP contribution in [0, 0.1) is 0 Å². The minimum absolute atomic E-state index is 0.0127. The van der Waals surface area contributed by atoms with Crippen LogP contribution in [-0.4, -0.2) is 22.3 Å². The minimum atomic E-state index is -3.75. The van der Waals surface area contributed by atoms with E-state index in [1.54, 1.807) is 42.5 Å². The molecule has 31 heavy (non-hydrogen) atoms. The van der Waals surface area contributed by atoms with Crippen LogP contribution in [0.3, 0.4) is 0 Å². The zero-order valence-corrected chi connectivity index (χ0v) is 17.8. The van der Waals surface area contributed by atoms with Gasteiger partial charge in [-0.15, -0.1) is 0 Å². The number of hydrogen-bond acceptors (Lipinski definition) is 6. The standard InChI is InChI=1S/C23H21NO6S/c1-14-17-11-18(24-31(25,26)16-6-4-3-5-7-16)21(27-2)12-20(17)30-23(14)15-8-9-19-22(10-15)29-13-28-19/h3-12,14,23-24H,13H2,1-2H3/t14-,23?/m0/s1. The van der Waals surface area contributed by atoms with Crippen molar-refractivity contribution in [3.63, 3.8) is 0 Å². The second-order valence-corrected chi connectivity index (χ2v) is 9.13. The van der Waals surface area contributed by atoms with Crippen LogP contribution < -0.4 is 23.7 Å². The summed E-state index contributed by atoms with van der Waals surface area (Å²) in [5.74, 6) is 2.44. The number of hydrogen-bond donors (Lipinski definition) is 1. The normalized spacial score (nSPS) is 18.9. The highest BCUT2D eigenvalue weighted by Gasteiger charge is 2.35. The first kappa shape index (κ1) is 19.6. The maximum atomic E-state index is 12.8. The molecule has 0 spiro atoms. The van der Waals surface area contributed by atoms with Crippen LogP contribution in [0.1, 0.15) is 30.1 Å². The van der Waals surface area contributed by atoms with Gasteiger partial charge in [-0.25, -0.2) is 8.42 Å². The molecule has 0 fully saturated rings. The predicted molar refractivity (Wildman–Crippen MR) is 115 cm³/mol. The first-order valence-electron chi connectivity index (χ1n) is 9.82. The molecule has 1 N–H and O–H groups in total. The van der Waals surface area contributed by atoms with Crippen molar-refractivity contribution in [3.05, 3.63) is 71.8 Å². The summed E-state index contributed by atoms with van der Waals surface area (Å²) in [5, 5.41) is 0. The number of benzene rings is 3. The molecule has 2 heterocycles. The van der Waals surface area contributed by atoms with E-state index in [0.717, 1.165) is 11.1 Å². The van der Waals surface area contributed by atoms with E-state index in [0.29, 0.717) is 28.7 Å². The molecule has 0 saturated carbocycles. The zero-order chi connectivity index (χ0) is 21.6. The third-order valence-electron chi connectivity index (χ3n) is 5.55. The Morgan fingerprint density at radius 2 is 1.74 bits per heavy atom. The van der Waals surface area contributed by atoms with Gasteiger partial charge in [0.05, 0.1) is 17.7 Å². The molecular formula is C23H21NO6S. The van der Waals surface area contributed by atoms with Crippen molar-refractivity contribution >= 4 is 15.7 Å². The van der Waals surface area contributed by atoms with E-state index in [1.807, 2.05) is 25.1 Å². The second-order valence-electron chi connectivity index (χ2n) is 7.45. The Bertz CT molecular complexity index is 1240. The fourth-order valence-corrected chi connectivity index (χ4v) is 5.02. The Labute approximate surface area is 180 Å². The molecule has 5 rings (SSSR count). The molecule has 2 atom stereocenters. The summed E-state index contributed by atoms with van der Waals surface area (Å²) in [7, 11) is -2.26. The van der Waals surface area contributed by atoms with Gasteiger partial charge in [-0.05, 0) is 35.9 Å². The lowest BCUT2D eigenvalue weighted by molar-refractivity contribution is 0.173. The molecule has 1 unspecified atom stereocenters. The number of rotatable bonds is 5. The van der Waals surface area contributed by atoms with Crippen molar-refractivity contribution < 1.29 is 27.4 Å². The molecule has 0 radical (unpaired) electrons. The fourth-order valence-electron chi connectivity index (χ4n) is 3.94. The van der Waals surface area contributed by atoms with Crippen molar-refractivity contribution in [2.24, 2.45) is 0 Å². The van der Waals surface area contributed by atoms with Crippen LogP contribution in [0.4, 0.5) is 5.69 Å². The minimum Gasteiger partial charge on any atom is -0.494 e. The number of sulfonamides is 1. The molecule has 3 aromatic carbocycles. The van der Waals surface area contributed by atoms with Gasteiger partial charge in [-0.2, -0.15) is 0 Å². The van der Waals surface area contributed by atoms with Gasteiger partial charge in [0.1, 0.15) is 17.6 Å². The van der Waals surface area contributed by atoms with Crippen LogP contribution in [0.2, 0.25) is 0 Å². The molecule has 8 heteroatoms. The lowest BCUT2D eigenvalue weighted by Gasteiger charge is -2.16. The summed E-state index contributed by atoms with van der Waals surface area (Å²) in [6.07, 6.45) is -0.241. The first-order valence-corrected chi connectivity index (χ1v) is 11.3. The lowest BCUT2D eigenvalue weighted by Crippen LogP contribution is -2.13. The molecule has 2 aliphatic heterocycles. The summed E-state index contributed by atoms with van der Waals surface area (Å²) >= 11 is 0. The topological polar surface area (TPSA) is 83.1 Å². The summed E-state index contributed by atoms with van der Waals surface area (Å²) in [5.41, 5.74) is 2.22. The zero-order valence-electron chi connectivity index (χ0n) is 17.0. The van der Waals surface area contributed by atoms with Crippen molar-refractivity contribution in [1.82, 2.24) is 0 Å². The van der Waals surface area contributed by atoms with E-state index >= 15 is 0 Å². The monoisotopic (exact) mass is 439 g/mol. The Morgan fingerprint density at radius 1 is 0.968 bits per heavy atom. The van der Waals surface area contributed by atoms with E-state index in [4.69, 9.17) is 18.9 Å². The van der Waals surface area contributed by atoms with Gasteiger partial charge < -0.3 is 18.9 Å². The van der Waals surface area contributed by atoms with E-state index < -0.39 is 10.0 Å². The number of anilines is 1. The summed E-state index contributed by atoms with van der Waals surface area (Å²) in [6, 6.07) is 17.5. The Morgan fingerprint density at radius 3 is 2.52 bits per heavy atom. The third-order valence-corrected chi connectivity index (χ3v) is 6.93. The SMILES string of the molecule is COc1cc2c(cc1NS(=O)(=O)c1ccccc1)[C@H](C)C(c1ccc3c(c1)OCO3)O2. The van der Waals surface area contributed by atoms with E-state index in [-0.39, 0.29) is 23.7 Å². The number of ether oxygens (including phenoxy) is 4. The number of methoxy groups -OCH3 is 1. The predicted octanol–water partition coefficient (Wildman–Crippen LogP) is 4.46. The van der Waals surface area contributed by atoms with Crippen LogP contribution in [0.15, 0.2) is 65.6 Å². The van der Waals surface area contributed by atoms with Gasteiger partial charge in [-0.3, -0.25) is 4.72 Å².